The lowest BCUT2D eigenvalue weighted by Crippen LogP contribution is -2.41. The molecule has 0 saturated carbocycles. The van der Waals surface area contributed by atoms with Gasteiger partial charge in [-0.2, -0.15) is 0 Å². The first kappa shape index (κ1) is 16.0. The van der Waals surface area contributed by atoms with Crippen molar-refractivity contribution in [2.24, 2.45) is 0 Å². The van der Waals surface area contributed by atoms with E-state index in [1.807, 2.05) is 11.5 Å². The van der Waals surface area contributed by atoms with Gasteiger partial charge in [-0.3, -0.25) is 0 Å². The lowest BCUT2D eigenvalue weighted by atomic mass is 10.1. The molecule has 1 aliphatic rings. The number of aromatic nitrogens is 2. The van der Waals surface area contributed by atoms with Crippen molar-refractivity contribution in [3.63, 3.8) is 0 Å². The third-order valence-corrected chi connectivity index (χ3v) is 5.26. The minimum Gasteiger partial charge on any atom is -0.333 e. The number of halogens is 3. The summed E-state index contributed by atoms with van der Waals surface area (Å²) in [7, 11) is -4.29. The second-order valence-electron chi connectivity index (χ2n) is 5.48. The second kappa shape index (κ2) is 5.64. The largest absolute Gasteiger partial charge is 0.333 e. The van der Waals surface area contributed by atoms with Crippen LogP contribution in [0.3, 0.4) is 0 Å². The minimum atomic E-state index is -4.29. The molecule has 124 valence electrons. The van der Waals surface area contributed by atoms with Gasteiger partial charge in [0.05, 0.1) is 5.69 Å². The highest BCUT2D eigenvalue weighted by Crippen LogP contribution is 2.22. The normalized spacial score (nSPS) is 18.0. The third kappa shape index (κ3) is 2.98. The maximum absolute atomic E-state index is 13.7. The van der Waals surface area contributed by atoms with Crippen molar-refractivity contribution in [1.82, 2.24) is 14.3 Å². The zero-order valence-electron chi connectivity index (χ0n) is 12.2. The highest BCUT2D eigenvalue weighted by Gasteiger charge is 2.28. The number of imidazole rings is 1. The predicted molar refractivity (Wildman–Crippen MR) is 75.7 cm³/mol. The summed E-state index contributed by atoms with van der Waals surface area (Å²) < 4.78 is 68.5. The number of aryl methyl sites for hydroxylation is 2. The molecule has 0 bridgehead atoms. The molecule has 1 N–H and O–H groups in total. The Bertz CT molecular complexity index is 864. The van der Waals surface area contributed by atoms with Gasteiger partial charge in [-0.15, -0.1) is 0 Å². The molecule has 0 fully saturated rings. The smallest absolute Gasteiger partial charge is 0.243 e. The van der Waals surface area contributed by atoms with Gasteiger partial charge >= 0.3 is 0 Å². The number of hydrogen-bond donors (Lipinski definition) is 1. The molecule has 3 rings (SSSR count). The summed E-state index contributed by atoms with van der Waals surface area (Å²) >= 11 is 0. The third-order valence-electron chi connectivity index (χ3n) is 3.72. The molecular formula is C14H14F3N3O2S. The number of rotatable bonds is 3. The fourth-order valence-electron chi connectivity index (χ4n) is 2.68. The Morgan fingerprint density at radius 2 is 2.00 bits per heavy atom. The molecule has 23 heavy (non-hydrogen) atoms. The number of benzene rings is 1. The van der Waals surface area contributed by atoms with Gasteiger partial charge in [0.25, 0.3) is 0 Å². The molecule has 9 heteroatoms. The van der Waals surface area contributed by atoms with Gasteiger partial charge < -0.3 is 4.57 Å². The van der Waals surface area contributed by atoms with Gasteiger partial charge in [-0.1, -0.05) is 0 Å². The lowest BCUT2D eigenvalue weighted by Gasteiger charge is -2.24. The molecule has 2 heterocycles. The molecule has 2 aromatic rings. The van der Waals surface area contributed by atoms with Crippen molar-refractivity contribution in [1.29, 1.82) is 0 Å². The van der Waals surface area contributed by atoms with Crippen molar-refractivity contribution >= 4 is 10.0 Å². The average Bonchev–Trinajstić information content (AvgIpc) is 2.83. The molecule has 1 aromatic carbocycles. The zero-order valence-corrected chi connectivity index (χ0v) is 13.0. The van der Waals surface area contributed by atoms with Crippen molar-refractivity contribution in [2.75, 3.05) is 0 Å². The van der Waals surface area contributed by atoms with Gasteiger partial charge in [0.2, 0.25) is 10.0 Å². The number of fused-ring (bicyclic) bond motifs is 1. The van der Waals surface area contributed by atoms with Crippen LogP contribution in [0.5, 0.6) is 0 Å². The number of sulfonamides is 1. The van der Waals surface area contributed by atoms with Gasteiger partial charge in [0.1, 0.15) is 10.7 Å². The van der Waals surface area contributed by atoms with Crippen LogP contribution in [0.4, 0.5) is 13.2 Å². The van der Waals surface area contributed by atoms with Crippen LogP contribution in [0.25, 0.3) is 0 Å². The van der Waals surface area contributed by atoms with Crippen LogP contribution in [-0.4, -0.2) is 24.0 Å². The number of nitrogens with one attached hydrogen (secondary N) is 1. The van der Waals surface area contributed by atoms with Crippen LogP contribution in [0, 0.1) is 24.4 Å². The summed E-state index contributed by atoms with van der Waals surface area (Å²) in [5.74, 6) is -4.09. The molecule has 5 nitrogen and oxygen atoms in total. The monoisotopic (exact) mass is 345 g/mol. The van der Waals surface area contributed by atoms with E-state index in [1.54, 1.807) is 6.20 Å². The first-order chi connectivity index (χ1) is 10.8. The fourth-order valence-corrected chi connectivity index (χ4v) is 4.01. The lowest BCUT2D eigenvalue weighted by molar-refractivity contribution is 0.414. The molecule has 1 unspecified atom stereocenters. The molecule has 1 aliphatic heterocycles. The molecule has 0 amide bonds. The van der Waals surface area contributed by atoms with E-state index < -0.39 is 38.4 Å². The molecule has 0 spiro atoms. The van der Waals surface area contributed by atoms with Crippen molar-refractivity contribution < 1.29 is 21.6 Å². The topological polar surface area (TPSA) is 64.0 Å². The van der Waals surface area contributed by atoms with Gasteiger partial charge in [-0.25, -0.2) is 31.3 Å². The Balaban J connectivity index is 1.84. The van der Waals surface area contributed by atoms with E-state index in [0.717, 1.165) is 11.5 Å². The molecule has 0 radical (unpaired) electrons. The first-order valence-corrected chi connectivity index (χ1v) is 8.45. The van der Waals surface area contributed by atoms with E-state index in [0.29, 0.717) is 31.5 Å². The van der Waals surface area contributed by atoms with Crippen molar-refractivity contribution in [3.8, 4) is 0 Å². The quantitative estimate of drug-likeness (QED) is 0.865. The van der Waals surface area contributed by atoms with Crippen LogP contribution in [0.15, 0.2) is 23.2 Å². The fraction of sp³-hybridized carbons (Fsp3) is 0.357. The van der Waals surface area contributed by atoms with Crippen molar-refractivity contribution in [2.45, 2.75) is 37.2 Å². The summed E-state index contributed by atoms with van der Waals surface area (Å²) in [4.78, 5) is 3.41. The second-order valence-corrected chi connectivity index (χ2v) is 7.16. The van der Waals surface area contributed by atoms with E-state index in [4.69, 9.17) is 0 Å². The Kier molecular flexibility index (Phi) is 3.93. The van der Waals surface area contributed by atoms with Crippen LogP contribution < -0.4 is 4.72 Å². The van der Waals surface area contributed by atoms with E-state index in [9.17, 15) is 21.6 Å². The van der Waals surface area contributed by atoms with Gasteiger partial charge in [0, 0.05) is 25.2 Å². The standard InChI is InChI=1S/C14H14F3N3O2S/c1-8-6-20-7-9(2-5-12(20)18-8)19-23(21,22)11-4-3-10(15)13(16)14(11)17/h3-4,6,9,19H,2,5,7H2,1H3. The van der Waals surface area contributed by atoms with Crippen LogP contribution in [-0.2, 0) is 23.0 Å². The average molecular weight is 345 g/mol. The summed E-state index contributed by atoms with van der Waals surface area (Å²) in [6.45, 7) is 2.18. The van der Waals surface area contributed by atoms with Crippen molar-refractivity contribution in [3.05, 3.63) is 47.3 Å². The summed E-state index contributed by atoms with van der Waals surface area (Å²) in [5.41, 5.74) is 0.829. The Morgan fingerprint density at radius 1 is 1.26 bits per heavy atom. The zero-order chi connectivity index (χ0) is 16.8. The molecule has 0 aliphatic carbocycles. The van der Waals surface area contributed by atoms with Gasteiger partial charge in [-0.05, 0) is 25.5 Å². The molecule has 1 atom stereocenters. The number of hydrogen-bond acceptors (Lipinski definition) is 3. The molecule has 0 saturated heterocycles. The highest BCUT2D eigenvalue weighted by molar-refractivity contribution is 7.89. The number of nitrogens with zero attached hydrogens (tertiary/aromatic N) is 2. The Morgan fingerprint density at radius 3 is 2.74 bits per heavy atom. The SMILES string of the molecule is Cc1cn2c(n1)CCC(NS(=O)(=O)c1ccc(F)c(F)c1F)C2. The summed E-state index contributed by atoms with van der Waals surface area (Å²) in [6, 6.07) is 0.824. The molecule has 1 aromatic heterocycles. The summed E-state index contributed by atoms with van der Waals surface area (Å²) in [5, 5.41) is 0. The molecular weight excluding hydrogens is 331 g/mol. The highest BCUT2D eigenvalue weighted by atomic mass is 32.2. The predicted octanol–water partition coefficient (Wildman–Crippen LogP) is 1.90. The maximum atomic E-state index is 13.7. The van der Waals surface area contributed by atoms with E-state index in [1.165, 1.54) is 0 Å². The van der Waals surface area contributed by atoms with Crippen LogP contribution in [0.2, 0.25) is 0 Å². The first-order valence-electron chi connectivity index (χ1n) is 6.96. The maximum Gasteiger partial charge on any atom is 0.243 e. The van der Waals surface area contributed by atoms with E-state index in [2.05, 4.69) is 9.71 Å². The van der Waals surface area contributed by atoms with Crippen LogP contribution in [0.1, 0.15) is 17.9 Å². The Labute approximate surface area is 131 Å². The summed E-state index contributed by atoms with van der Waals surface area (Å²) in [6.07, 6.45) is 2.86. The van der Waals surface area contributed by atoms with E-state index >= 15 is 0 Å². The van der Waals surface area contributed by atoms with Crippen LogP contribution >= 0.6 is 0 Å². The van der Waals surface area contributed by atoms with E-state index in [-0.39, 0.29) is 0 Å². The Hall–Kier alpha value is -1.87. The van der Waals surface area contributed by atoms with Gasteiger partial charge in [0.15, 0.2) is 17.5 Å². The minimum absolute atomic E-state index is 0.348.